The lowest BCUT2D eigenvalue weighted by atomic mass is 9.80. The van der Waals surface area contributed by atoms with Gasteiger partial charge in [0.1, 0.15) is 6.54 Å². The second-order valence-corrected chi connectivity index (χ2v) is 11.2. The summed E-state index contributed by atoms with van der Waals surface area (Å²) < 4.78 is 0. The molecule has 0 spiro atoms. The van der Waals surface area contributed by atoms with Gasteiger partial charge < -0.3 is 0 Å². The van der Waals surface area contributed by atoms with Crippen molar-refractivity contribution < 1.29 is 4.99 Å². The Balaban J connectivity index is 2.02. The van der Waals surface area contributed by atoms with E-state index in [1.807, 2.05) is 0 Å². The number of benzene rings is 2. The lowest BCUT2D eigenvalue weighted by Gasteiger charge is -2.24. The number of allylic oxidation sites excluding steroid dienone is 4. The highest BCUT2D eigenvalue weighted by molar-refractivity contribution is 6.48. The van der Waals surface area contributed by atoms with E-state index in [0.29, 0.717) is 0 Å². The van der Waals surface area contributed by atoms with Crippen LogP contribution in [0.2, 0.25) is 0 Å². The number of fused-ring (bicyclic) bond motifs is 2. The zero-order chi connectivity index (χ0) is 22.9. The third-order valence-electron chi connectivity index (χ3n) is 5.62. The quantitative estimate of drug-likeness (QED) is 0.641. The second kappa shape index (κ2) is 8.50. The first-order valence-corrected chi connectivity index (χ1v) is 11.6. The Morgan fingerprint density at radius 2 is 1.22 bits per heavy atom. The van der Waals surface area contributed by atoms with Crippen molar-refractivity contribution in [2.75, 3.05) is 13.1 Å². The number of hydrogen-bond donors (Lipinski definition) is 1. The summed E-state index contributed by atoms with van der Waals surface area (Å²) in [6, 6.07) is 17.4. The molecule has 2 nitrogen and oxygen atoms in total. The van der Waals surface area contributed by atoms with Gasteiger partial charge in [0, 0.05) is 23.6 Å². The third kappa shape index (κ3) is 4.91. The summed E-state index contributed by atoms with van der Waals surface area (Å²) in [6.45, 7) is 15.2. The lowest BCUT2D eigenvalue weighted by Crippen LogP contribution is -2.76. The van der Waals surface area contributed by atoms with Crippen molar-refractivity contribution in [3.8, 4) is 0 Å². The molecule has 2 heteroatoms. The van der Waals surface area contributed by atoms with Crippen LogP contribution < -0.4 is 4.99 Å². The highest BCUT2D eigenvalue weighted by Gasteiger charge is 2.29. The molecule has 0 saturated carbocycles. The van der Waals surface area contributed by atoms with E-state index in [1.165, 1.54) is 39.1 Å². The van der Waals surface area contributed by atoms with Crippen LogP contribution in [-0.4, -0.2) is 24.5 Å². The van der Waals surface area contributed by atoms with Gasteiger partial charge in [0.15, 0.2) is 0 Å². The van der Waals surface area contributed by atoms with E-state index in [9.17, 15) is 0 Å². The molecule has 0 fully saturated rings. The van der Waals surface area contributed by atoms with E-state index in [-0.39, 0.29) is 10.8 Å². The Morgan fingerprint density at radius 1 is 0.656 bits per heavy atom. The minimum Gasteiger partial charge on any atom is -0.284 e. The summed E-state index contributed by atoms with van der Waals surface area (Å²) in [5, 5.41) is 0. The molecule has 0 radical (unpaired) electrons. The molecule has 4 rings (SSSR count). The topological polar surface area (TPSA) is 26.3 Å². The van der Waals surface area contributed by atoms with Crippen LogP contribution in [0.25, 0.3) is 23.3 Å². The van der Waals surface area contributed by atoms with Crippen LogP contribution in [0.15, 0.2) is 65.7 Å². The molecule has 0 aromatic heterocycles. The van der Waals surface area contributed by atoms with E-state index in [4.69, 9.17) is 4.99 Å². The maximum Gasteiger partial charge on any atom is 0.206 e. The molecule has 1 N–H and O–H groups in total. The number of nitrogens with one attached hydrogen (secondary N) is 1. The fourth-order valence-electron chi connectivity index (χ4n) is 4.03. The highest BCUT2D eigenvalue weighted by Crippen LogP contribution is 2.37. The van der Waals surface area contributed by atoms with Gasteiger partial charge in [-0.3, -0.25) is 4.99 Å². The molecule has 32 heavy (non-hydrogen) atoms. The maximum absolute atomic E-state index is 5.13. The number of rotatable bonds is 2. The number of aliphatic imine (C=N–C) groups is 1. The fourth-order valence-corrected chi connectivity index (χ4v) is 4.03. The van der Waals surface area contributed by atoms with Gasteiger partial charge in [-0.25, -0.2) is 4.99 Å². The minimum atomic E-state index is 0.134. The van der Waals surface area contributed by atoms with Gasteiger partial charge in [-0.1, -0.05) is 96.1 Å². The molecule has 0 saturated heterocycles. The molecule has 0 bridgehead atoms. The average Bonchev–Trinajstić information content (AvgIpc) is 2.74. The van der Waals surface area contributed by atoms with Crippen LogP contribution in [0.3, 0.4) is 0 Å². The molecule has 2 aliphatic carbocycles. The molecule has 2 aliphatic rings. The first-order valence-electron chi connectivity index (χ1n) is 11.6. The number of nitrogens with zero attached hydrogens (tertiary/aromatic N) is 1. The second-order valence-electron chi connectivity index (χ2n) is 11.2. The van der Waals surface area contributed by atoms with E-state index < -0.39 is 0 Å². The smallest absolute Gasteiger partial charge is 0.206 e. The van der Waals surface area contributed by atoms with Gasteiger partial charge in [0.25, 0.3) is 0 Å². The van der Waals surface area contributed by atoms with Crippen LogP contribution in [0.1, 0.15) is 63.8 Å². The third-order valence-corrected chi connectivity index (χ3v) is 5.62. The van der Waals surface area contributed by atoms with E-state index in [1.54, 1.807) is 0 Å². The van der Waals surface area contributed by atoms with Crippen molar-refractivity contribution >= 4 is 34.7 Å². The maximum atomic E-state index is 5.13. The molecular weight excluding hydrogens is 388 g/mol. The van der Waals surface area contributed by atoms with E-state index in [2.05, 4.69) is 119 Å². The van der Waals surface area contributed by atoms with Crippen molar-refractivity contribution in [2.24, 2.45) is 15.8 Å². The van der Waals surface area contributed by atoms with Crippen molar-refractivity contribution in [1.82, 2.24) is 0 Å². The van der Waals surface area contributed by atoms with Crippen LogP contribution in [-0.2, 0) is 0 Å². The molecule has 0 aliphatic heterocycles. The average molecular weight is 424 g/mol. The van der Waals surface area contributed by atoms with Crippen molar-refractivity contribution in [1.29, 1.82) is 0 Å². The fraction of sp³-hybridized carbons (Fsp3) is 0.333. The Bertz CT molecular complexity index is 1080. The van der Waals surface area contributed by atoms with Crippen LogP contribution >= 0.6 is 0 Å². The first kappa shape index (κ1) is 22.2. The summed E-state index contributed by atoms with van der Waals surface area (Å²) in [7, 11) is 0. The van der Waals surface area contributed by atoms with E-state index >= 15 is 0 Å². The van der Waals surface area contributed by atoms with Crippen molar-refractivity contribution in [2.45, 2.75) is 41.5 Å². The van der Waals surface area contributed by atoms with Crippen LogP contribution in [0, 0.1) is 10.8 Å². The van der Waals surface area contributed by atoms with Crippen molar-refractivity contribution in [3.63, 3.8) is 0 Å². The number of hydrogen-bond acceptors (Lipinski definition) is 1. The summed E-state index contributed by atoms with van der Waals surface area (Å²) in [6.07, 6.45) is 8.85. The molecular formula is C30H35N2+. The highest BCUT2D eigenvalue weighted by atomic mass is 14.8. The molecule has 164 valence electrons. The van der Waals surface area contributed by atoms with Crippen LogP contribution in [0.5, 0.6) is 0 Å². The summed E-state index contributed by atoms with van der Waals surface area (Å²) in [5.74, 6) is 0. The van der Waals surface area contributed by atoms with Gasteiger partial charge in [-0.05, 0) is 39.8 Å². The zero-order valence-corrected chi connectivity index (χ0v) is 20.3. The molecule has 0 unspecified atom stereocenters. The van der Waals surface area contributed by atoms with Crippen molar-refractivity contribution in [3.05, 3.63) is 82.9 Å². The summed E-state index contributed by atoms with van der Waals surface area (Å²) in [4.78, 5) is 8.90. The van der Waals surface area contributed by atoms with Gasteiger partial charge in [-0.15, -0.1) is 0 Å². The molecule has 2 aromatic rings. The van der Waals surface area contributed by atoms with Gasteiger partial charge >= 0.3 is 0 Å². The minimum absolute atomic E-state index is 0.134. The Kier molecular flexibility index (Phi) is 5.90. The Morgan fingerprint density at radius 3 is 1.81 bits per heavy atom. The largest absolute Gasteiger partial charge is 0.284 e. The standard InChI is InChI=1S/C30H34N2/c1-29(2,3)19-31-25-17-15-21-11-7-9-13-23(21)27(25)28-24-14-10-8-12-22(24)16-18-26(28)32-20-30(4,5)6/h7-18H,19-20H2,1-6H3/p+1. The van der Waals surface area contributed by atoms with Crippen LogP contribution in [0.4, 0.5) is 0 Å². The van der Waals surface area contributed by atoms with Gasteiger partial charge in [-0.2, -0.15) is 0 Å². The molecule has 0 heterocycles. The van der Waals surface area contributed by atoms with Gasteiger partial charge in [0.05, 0.1) is 11.3 Å². The Hall–Kier alpha value is -3.00. The van der Waals surface area contributed by atoms with Gasteiger partial charge in [0.2, 0.25) is 5.71 Å². The summed E-state index contributed by atoms with van der Waals surface area (Å²) >= 11 is 0. The zero-order valence-electron chi connectivity index (χ0n) is 20.3. The molecule has 0 amide bonds. The summed E-state index contributed by atoms with van der Waals surface area (Å²) in [5.41, 5.74) is 10.0. The Labute approximate surface area is 193 Å². The normalized spacial score (nSPS) is 20.6. The molecule has 2 aromatic carbocycles. The predicted octanol–water partition coefficient (Wildman–Crippen LogP) is 5.71. The monoisotopic (exact) mass is 423 g/mol. The first-order chi connectivity index (χ1) is 15.1. The SMILES string of the molecule is CC(C)(C)CN=C1C=Cc2ccccc2C1=C1C(=[NH+]CC(C)(C)C)C=Cc2ccccc21. The predicted molar refractivity (Wildman–Crippen MR) is 140 cm³/mol. The van der Waals surface area contributed by atoms with E-state index in [0.717, 1.165) is 18.8 Å². The molecule has 0 atom stereocenters. The lowest BCUT2D eigenvalue weighted by molar-refractivity contribution is -0.471.